The van der Waals surface area contributed by atoms with Crippen molar-refractivity contribution in [3.63, 3.8) is 0 Å². The first kappa shape index (κ1) is 14.4. The SMILES string of the molecule is C1=NC=NC1.CCC[Si](OC)(OC)OC. The largest absolute Gasteiger partial charge is 0.500 e. The van der Waals surface area contributed by atoms with Crippen molar-refractivity contribution >= 4 is 21.4 Å². The van der Waals surface area contributed by atoms with Crippen molar-refractivity contribution in [3.8, 4) is 0 Å². The molecule has 5 nitrogen and oxygen atoms in total. The molecule has 0 aromatic heterocycles. The fraction of sp³-hybridized carbons (Fsp3) is 0.778. The van der Waals surface area contributed by atoms with Gasteiger partial charge in [-0.3, -0.25) is 4.99 Å². The third kappa shape index (κ3) is 5.78. The van der Waals surface area contributed by atoms with Crippen LogP contribution in [0.2, 0.25) is 6.04 Å². The number of hydrogen-bond acceptors (Lipinski definition) is 5. The van der Waals surface area contributed by atoms with Crippen molar-refractivity contribution in [3.05, 3.63) is 0 Å². The van der Waals surface area contributed by atoms with Gasteiger partial charge in [0.05, 0.1) is 6.54 Å². The summed E-state index contributed by atoms with van der Waals surface area (Å²) in [7, 11) is 2.68. The number of hydrogen-bond donors (Lipinski definition) is 0. The summed E-state index contributed by atoms with van der Waals surface area (Å²) in [5, 5.41) is 0. The molecule has 0 amide bonds. The smallest absolute Gasteiger partial charge is 0.377 e. The summed E-state index contributed by atoms with van der Waals surface area (Å²) in [5.74, 6) is 0. The van der Waals surface area contributed by atoms with E-state index in [0.29, 0.717) is 0 Å². The molecule has 0 aromatic rings. The second-order valence-corrected chi connectivity index (χ2v) is 5.95. The molecule has 0 fully saturated rings. The Morgan fingerprint density at radius 2 is 1.80 bits per heavy atom. The Morgan fingerprint density at radius 1 is 1.20 bits per heavy atom. The Hall–Kier alpha value is -0.563. The summed E-state index contributed by atoms with van der Waals surface area (Å²) in [6, 6.07) is 0.885. The third-order valence-electron chi connectivity index (χ3n) is 1.93. The van der Waals surface area contributed by atoms with E-state index in [4.69, 9.17) is 13.3 Å². The lowest BCUT2D eigenvalue weighted by Gasteiger charge is -2.23. The molecule has 0 spiro atoms. The van der Waals surface area contributed by atoms with E-state index in [1.165, 1.54) is 0 Å². The monoisotopic (exact) mass is 232 g/mol. The predicted octanol–water partition coefficient (Wildman–Crippen LogP) is 1.37. The lowest BCUT2D eigenvalue weighted by atomic mass is 10.6. The molecule has 15 heavy (non-hydrogen) atoms. The number of nitrogens with zero attached hydrogens (tertiary/aromatic N) is 2. The molecule has 1 heterocycles. The first-order valence-electron chi connectivity index (χ1n) is 4.90. The van der Waals surface area contributed by atoms with Crippen molar-refractivity contribution in [2.75, 3.05) is 27.9 Å². The Bertz CT molecular complexity index is 187. The van der Waals surface area contributed by atoms with E-state index < -0.39 is 8.80 Å². The van der Waals surface area contributed by atoms with Gasteiger partial charge in [0.15, 0.2) is 0 Å². The second-order valence-electron chi connectivity index (χ2n) is 2.86. The van der Waals surface area contributed by atoms with Gasteiger partial charge in [0.2, 0.25) is 0 Å². The summed E-state index contributed by atoms with van der Waals surface area (Å²) in [6.45, 7) is 2.86. The van der Waals surface area contributed by atoms with E-state index in [2.05, 4.69) is 16.9 Å². The van der Waals surface area contributed by atoms with Gasteiger partial charge in [0, 0.05) is 33.6 Å². The van der Waals surface area contributed by atoms with Crippen molar-refractivity contribution in [2.24, 2.45) is 9.98 Å². The van der Waals surface area contributed by atoms with Crippen LogP contribution in [0.25, 0.3) is 0 Å². The zero-order valence-corrected chi connectivity index (χ0v) is 10.9. The summed E-state index contributed by atoms with van der Waals surface area (Å²) in [4.78, 5) is 7.40. The van der Waals surface area contributed by atoms with Gasteiger partial charge in [0.25, 0.3) is 0 Å². The van der Waals surface area contributed by atoms with Crippen LogP contribution in [0, 0.1) is 0 Å². The van der Waals surface area contributed by atoms with Crippen LogP contribution < -0.4 is 0 Å². The average molecular weight is 232 g/mol. The Labute approximate surface area is 92.5 Å². The van der Waals surface area contributed by atoms with Gasteiger partial charge >= 0.3 is 8.80 Å². The van der Waals surface area contributed by atoms with Crippen molar-refractivity contribution in [1.29, 1.82) is 0 Å². The Balaban J connectivity index is 0.000000322. The van der Waals surface area contributed by atoms with Gasteiger partial charge in [-0.1, -0.05) is 13.3 Å². The maximum atomic E-state index is 5.17. The topological polar surface area (TPSA) is 52.4 Å². The molecule has 1 aliphatic heterocycles. The molecule has 1 aliphatic rings. The van der Waals surface area contributed by atoms with Crippen LogP contribution in [0.5, 0.6) is 0 Å². The predicted molar refractivity (Wildman–Crippen MR) is 63.7 cm³/mol. The minimum Gasteiger partial charge on any atom is -0.377 e. The fourth-order valence-corrected chi connectivity index (χ4v) is 2.82. The first-order chi connectivity index (χ1) is 7.24. The zero-order chi connectivity index (χ0) is 11.6. The lowest BCUT2D eigenvalue weighted by molar-refractivity contribution is 0.123. The van der Waals surface area contributed by atoms with Gasteiger partial charge in [-0.2, -0.15) is 0 Å². The average Bonchev–Trinajstić information content (AvgIpc) is 2.85. The first-order valence-corrected chi connectivity index (χ1v) is 6.83. The molecule has 0 radical (unpaired) electrons. The highest BCUT2D eigenvalue weighted by Crippen LogP contribution is 2.13. The maximum absolute atomic E-state index is 5.17. The Morgan fingerprint density at radius 3 is 1.93 bits per heavy atom. The maximum Gasteiger partial charge on any atom is 0.500 e. The van der Waals surface area contributed by atoms with Crippen LogP contribution in [-0.2, 0) is 13.3 Å². The normalized spacial score (nSPS) is 13.9. The van der Waals surface area contributed by atoms with E-state index in [-0.39, 0.29) is 0 Å². The molecule has 6 heteroatoms. The summed E-state index contributed by atoms with van der Waals surface area (Å²) >= 11 is 0. The highest BCUT2D eigenvalue weighted by Gasteiger charge is 2.36. The van der Waals surface area contributed by atoms with E-state index in [1.54, 1.807) is 33.9 Å². The zero-order valence-electron chi connectivity index (χ0n) is 9.90. The van der Waals surface area contributed by atoms with Crippen LogP contribution in [0.3, 0.4) is 0 Å². The fourth-order valence-electron chi connectivity index (χ4n) is 1.10. The van der Waals surface area contributed by atoms with Crippen LogP contribution in [-0.4, -0.2) is 49.2 Å². The van der Waals surface area contributed by atoms with Gasteiger partial charge in [-0.25, -0.2) is 4.99 Å². The summed E-state index contributed by atoms with van der Waals surface area (Å²) < 4.78 is 15.5. The molecular weight excluding hydrogens is 212 g/mol. The second kappa shape index (κ2) is 8.72. The third-order valence-corrected chi connectivity index (χ3v) is 4.91. The van der Waals surface area contributed by atoms with Crippen LogP contribution >= 0.6 is 0 Å². The lowest BCUT2D eigenvalue weighted by Crippen LogP contribution is -2.42. The molecule has 0 bridgehead atoms. The molecule has 0 unspecified atom stereocenters. The number of rotatable bonds is 5. The van der Waals surface area contributed by atoms with Crippen LogP contribution in [0.15, 0.2) is 9.98 Å². The highest BCUT2D eigenvalue weighted by molar-refractivity contribution is 6.60. The van der Waals surface area contributed by atoms with Crippen LogP contribution in [0.1, 0.15) is 13.3 Å². The van der Waals surface area contributed by atoms with Crippen molar-refractivity contribution in [2.45, 2.75) is 19.4 Å². The Kier molecular flexibility index (Phi) is 8.39. The van der Waals surface area contributed by atoms with Gasteiger partial charge in [-0.15, -0.1) is 0 Å². The van der Waals surface area contributed by atoms with E-state index in [9.17, 15) is 0 Å². The van der Waals surface area contributed by atoms with Gasteiger partial charge < -0.3 is 13.3 Å². The molecule has 0 aromatic carbocycles. The number of aliphatic imine (C=N–C) groups is 2. The molecule has 1 rings (SSSR count). The van der Waals surface area contributed by atoms with E-state index in [1.807, 2.05) is 0 Å². The van der Waals surface area contributed by atoms with Crippen molar-refractivity contribution < 1.29 is 13.3 Å². The molecule has 0 saturated heterocycles. The van der Waals surface area contributed by atoms with Crippen LogP contribution in [0.4, 0.5) is 0 Å². The summed E-state index contributed by atoms with van der Waals surface area (Å²) in [6.07, 6.45) is 4.35. The minimum absolute atomic E-state index is 0.778. The standard InChI is InChI=1S/C6H16O3Si.C3H4N2/c1-5-6-10(7-2,8-3)9-4;1-2-5-3-4-1/h5-6H2,1-4H3;1,3H,2H2. The molecule has 0 atom stereocenters. The molecule has 88 valence electrons. The molecule has 0 saturated carbocycles. The minimum atomic E-state index is -2.22. The van der Waals surface area contributed by atoms with Gasteiger partial charge in [0.1, 0.15) is 6.34 Å². The van der Waals surface area contributed by atoms with E-state index in [0.717, 1.165) is 19.0 Å². The van der Waals surface area contributed by atoms with Crippen molar-refractivity contribution in [1.82, 2.24) is 0 Å². The highest BCUT2D eigenvalue weighted by atomic mass is 28.4. The molecule has 0 N–H and O–H groups in total. The summed E-state index contributed by atoms with van der Waals surface area (Å²) in [5.41, 5.74) is 0. The van der Waals surface area contributed by atoms with Gasteiger partial charge in [-0.05, 0) is 0 Å². The van der Waals surface area contributed by atoms with E-state index >= 15 is 0 Å². The molecule has 0 aliphatic carbocycles. The quantitative estimate of drug-likeness (QED) is 0.673. The molecular formula is C9H20N2O3Si.